The number of nitrogens with zero attached hydrogens (tertiary/aromatic N) is 1. The molecule has 1 aliphatic rings. The molecule has 0 radical (unpaired) electrons. The van der Waals surface area contributed by atoms with Crippen LogP contribution in [0.25, 0.3) is 10.9 Å². The van der Waals surface area contributed by atoms with Gasteiger partial charge in [0.15, 0.2) is 0 Å². The first-order chi connectivity index (χ1) is 8.29. The van der Waals surface area contributed by atoms with E-state index in [0.717, 1.165) is 35.2 Å². The Hall–Kier alpha value is -1.08. The van der Waals surface area contributed by atoms with Gasteiger partial charge in [0.1, 0.15) is 0 Å². The Balaban J connectivity index is 2.22. The highest BCUT2D eigenvalue weighted by Crippen LogP contribution is 2.33. The fraction of sp³-hybridized carbons (Fsp3) is 0.400. The molecule has 0 aliphatic heterocycles. The van der Waals surface area contributed by atoms with Crippen LogP contribution in [0.2, 0.25) is 5.02 Å². The van der Waals surface area contributed by atoms with E-state index < -0.39 is 0 Å². The molecule has 0 bridgehead atoms. The van der Waals surface area contributed by atoms with E-state index >= 15 is 0 Å². The van der Waals surface area contributed by atoms with E-state index in [0.29, 0.717) is 0 Å². The molecule has 0 saturated carbocycles. The van der Waals surface area contributed by atoms with Gasteiger partial charge in [-0.15, -0.1) is 0 Å². The van der Waals surface area contributed by atoms with Crippen LogP contribution in [0, 0.1) is 0 Å². The molecule has 0 atom stereocenters. The van der Waals surface area contributed by atoms with Crippen LogP contribution in [0.15, 0.2) is 18.2 Å². The fourth-order valence-corrected chi connectivity index (χ4v) is 3.05. The largest absolute Gasteiger partial charge is 0.252 e. The van der Waals surface area contributed by atoms with E-state index in [4.69, 9.17) is 16.6 Å². The Morgan fingerprint density at radius 2 is 2.18 bits per heavy atom. The van der Waals surface area contributed by atoms with Gasteiger partial charge in [-0.2, -0.15) is 0 Å². The molecule has 3 rings (SSSR count). The van der Waals surface area contributed by atoms with Gasteiger partial charge in [0, 0.05) is 11.1 Å². The Kier molecular flexibility index (Phi) is 2.79. The Morgan fingerprint density at radius 1 is 1.29 bits per heavy atom. The number of fused-ring (bicyclic) bond motifs is 2. The number of hydrogen-bond donors (Lipinski definition) is 0. The minimum atomic E-state index is 0.945. The average Bonchev–Trinajstić information content (AvgIpc) is 2.79. The number of aryl methyl sites for hydroxylation is 2. The maximum atomic E-state index is 6.52. The van der Waals surface area contributed by atoms with E-state index in [1.807, 2.05) is 0 Å². The number of pyridine rings is 1. The summed E-state index contributed by atoms with van der Waals surface area (Å²) in [5.74, 6) is 0. The molecule has 88 valence electrons. The first kappa shape index (κ1) is 11.0. The molecule has 1 aliphatic carbocycles. The van der Waals surface area contributed by atoms with Crippen LogP contribution in [-0.2, 0) is 19.3 Å². The molecule has 17 heavy (non-hydrogen) atoms. The highest BCUT2D eigenvalue weighted by Gasteiger charge is 2.18. The van der Waals surface area contributed by atoms with Crippen LogP contribution in [0.3, 0.4) is 0 Å². The van der Waals surface area contributed by atoms with Crippen molar-refractivity contribution < 1.29 is 0 Å². The van der Waals surface area contributed by atoms with Crippen molar-refractivity contribution in [3.8, 4) is 0 Å². The van der Waals surface area contributed by atoms with E-state index in [-0.39, 0.29) is 0 Å². The van der Waals surface area contributed by atoms with Crippen molar-refractivity contribution in [1.82, 2.24) is 4.98 Å². The lowest BCUT2D eigenvalue weighted by molar-refractivity contribution is 0.901. The molecule has 0 saturated heterocycles. The van der Waals surface area contributed by atoms with Crippen molar-refractivity contribution in [2.24, 2.45) is 0 Å². The molecule has 2 aromatic rings. The number of rotatable bonds is 2. The Labute approximate surface area is 107 Å². The van der Waals surface area contributed by atoms with Gasteiger partial charge in [-0.3, -0.25) is 4.98 Å². The number of halogens is 1. The molecule has 1 heterocycles. The van der Waals surface area contributed by atoms with Gasteiger partial charge >= 0.3 is 0 Å². The van der Waals surface area contributed by atoms with Crippen LogP contribution < -0.4 is 0 Å². The standard InChI is InChI=1S/C15H16ClN/c1-2-4-10-7-8-14-12(9-10)15(16)11-5-3-6-13(11)17-14/h7-9H,2-6H2,1H3. The molecule has 1 aromatic carbocycles. The van der Waals surface area contributed by atoms with Crippen LogP contribution in [0.4, 0.5) is 0 Å². The maximum Gasteiger partial charge on any atom is 0.0720 e. The molecule has 0 unspecified atom stereocenters. The van der Waals surface area contributed by atoms with Crippen molar-refractivity contribution in [2.45, 2.75) is 39.0 Å². The van der Waals surface area contributed by atoms with Crippen molar-refractivity contribution in [2.75, 3.05) is 0 Å². The molecule has 0 N–H and O–H groups in total. The highest BCUT2D eigenvalue weighted by molar-refractivity contribution is 6.36. The van der Waals surface area contributed by atoms with Gasteiger partial charge in [-0.1, -0.05) is 31.0 Å². The molecule has 0 spiro atoms. The summed E-state index contributed by atoms with van der Waals surface area (Å²) in [4.78, 5) is 4.73. The molecule has 1 nitrogen and oxygen atoms in total. The summed E-state index contributed by atoms with van der Waals surface area (Å²) in [6.07, 6.45) is 5.65. The zero-order chi connectivity index (χ0) is 11.8. The lowest BCUT2D eigenvalue weighted by Crippen LogP contribution is -1.93. The second kappa shape index (κ2) is 4.30. The van der Waals surface area contributed by atoms with E-state index in [1.165, 1.54) is 29.7 Å². The lowest BCUT2D eigenvalue weighted by Gasteiger charge is -2.08. The van der Waals surface area contributed by atoms with Crippen LogP contribution in [-0.4, -0.2) is 4.98 Å². The van der Waals surface area contributed by atoms with Gasteiger partial charge in [0.05, 0.1) is 10.5 Å². The van der Waals surface area contributed by atoms with Crippen LogP contribution in [0.1, 0.15) is 36.6 Å². The van der Waals surface area contributed by atoms with Crippen molar-refractivity contribution in [3.63, 3.8) is 0 Å². The van der Waals surface area contributed by atoms with E-state index in [2.05, 4.69) is 25.1 Å². The first-order valence-electron chi connectivity index (χ1n) is 6.39. The summed E-state index contributed by atoms with van der Waals surface area (Å²) in [5.41, 5.74) is 4.91. The van der Waals surface area contributed by atoms with E-state index in [1.54, 1.807) is 0 Å². The summed E-state index contributed by atoms with van der Waals surface area (Å²) < 4.78 is 0. The summed E-state index contributed by atoms with van der Waals surface area (Å²) in [6, 6.07) is 6.51. The smallest absolute Gasteiger partial charge is 0.0720 e. The average molecular weight is 246 g/mol. The Morgan fingerprint density at radius 3 is 3.00 bits per heavy atom. The van der Waals surface area contributed by atoms with Gasteiger partial charge in [-0.05, 0) is 48.9 Å². The molecule has 2 heteroatoms. The molecular weight excluding hydrogens is 230 g/mol. The molecule has 0 fully saturated rings. The summed E-state index contributed by atoms with van der Waals surface area (Å²) in [5, 5.41) is 2.08. The predicted molar refractivity (Wildman–Crippen MR) is 72.8 cm³/mol. The normalized spacial score (nSPS) is 14.2. The number of aromatic nitrogens is 1. The van der Waals surface area contributed by atoms with Gasteiger partial charge < -0.3 is 0 Å². The monoisotopic (exact) mass is 245 g/mol. The minimum Gasteiger partial charge on any atom is -0.252 e. The highest BCUT2D eigenvalue weighted by atomic mass is 35.5. The Bertz CT molecular complexity index is 575. The van der Waals surface area contributed by atoms with Crippen molar-refractivity contribution in [3.05, 3.63) is 40.0 Å². The summed E-state index contributed by atoms with van der Waals surface area (Å²) >= 11 is 6.52. The zero-order valence-corrected chi connectivity index (χ0v) is 10.8. The third-order valence-electron chi connectivity index (χ3n) is 3.55. The SMILES string of the molecule is CCCc1ccc2nc3c(c(Cl)c2c1)CCC3. The van der Waals surface area contributed by atoms with Crippen molar-refractivity contribution in [1.29, 1.82) is 0 Å². The quantitative estimate of drug-likeness (QED) is 0.768. The second-order valence-electron chi connectivity index (χ2n) is 4.81. The van der Waals surface area contributed by atoms with Crippen LogP contribution >= 0.6 is 11.6 Å². The maximum absolute atomic E-state index is 6.52. The van der Waals surface area contributed by atoms with Gasteiger partial charge in [-0.25, -0.2) is 0 Å². The number of benzene rings is 1. The van der Waals surface area contributed by atoms with E-state index in [9.17, 15) is 0 Å². The fourth-order valence-electron chi connectivity index (χ4n) is 2.70. The summed E-state index contributed by atoms with van der Waals surface area (Å²) in [6.45, 7) is 2.20. The van der Waals surface area contributed by atoms with Crippen LogP contribution in [0.5, 0.6) is 0 Å². The van der Waals surface area contributed by atoms with Gasteiger partial charge in [0.2, 0.25) is 0 Å². The predicted octanol–water partition coefficient (Wildman–Crippen LogP) is 4.33. The minimum absolute atomic E-state index is 0.945. The number of hydrogen-bond acceptors (Lipinski definition) is 1. The zero-order valence-electron chi connectivity index (χ0n) is 10.1. The topological polar surface area (TPSA) is 12.9 Å². The van der Waals surface area contributed by atoms with Crippen molar-refractivity contribution >= 4 is 22.5 Å². The molecule has 0 amide bonds. The third kappa shape index (κ3) is 1.83. The lowest BCUT2D eigenvalue weighted by atomic mass is 10.0. The molecule has 1 aromatic heterocycles. The summed E-state index contributed by atoms with van der Waals surface area (Å²) in [7, 11) is 0. The first-order valence-corrected chi connectivity index (χ1v) is 6.77. The van der Waals surface area contributed by atoms with Gasteiger partial charge in [0.25, 0.3) is 0 Å². The molecular formula is C15H16ClN. The third-order valence-corrected chi connectivity index (χ3v) is 3.98. The second-order valence-corrected chi connectivity index (χ2v) is 5.18.